The third kappa shape index (κ3) is 2.63. The van der Waals surface area contributed by atoms with Crippen molar-refractivity contribution in [3.63, 3.8) is 0 Å². The molecule has 1 heterocycles. The maximum atomic E-state index is 10.6. The lowest BCUT2D eigenvalue weighted by Crippen LogP contribution is -2.09. The van der Waals surface area contributed by atoms with E-state index in [1.54, 1.807) is 6.92 Å². The van der Waals surface area contributed by atoms with Crippen LogP contribution in [0.5, 0.6) is 0 Å². The molecule has 2 N–H and O–H groups in total. The number of tetrazole rings is 1. The molecule has 0 fully saturated rings. The largest absolute Gasteiger partial charge is 0.374 e. The topological polar surface area (TPSA) is 133 Å². The smallest absolute Gasteiger partial charge is 0.270 e. The number of nitro groups is 1. The number of H-pyrrole nitrogens is 1. The Bertz CT molecular complexity index is 632. The van der Waals surface area contributed by atoms with Crippen molar-refractivity contribution in [2.24, 2.45) is 0 Å². The molecule has 19 heavy (non-hydrogen) atoms. The predicted molar refractivity (Wildman–Crippen MR) is 64.0 cm³/mol. The van der Waals surface area contributed by atoms with Crippen LogP contribution in [0.15, 0.2) is 18.2 Å². The summed E-state index contributed by atoms with van der Waals surface area (Å²) in [6.45, 7) is 1.79. The van der Waals surface area contributed by atoms with Gasteiger partial charge in [0.1, 0.15) is 6.07 Å². The molecule has 0 amide bonds. The molecule has 0 aliphatic rings. The van der Waals surface area contributed by atoms with Crippen molar-refractivity contribution in [3.05, 3.63) is 39.7 Å². The number of benzene rings is 1. The van der Waals surface area contributed by atoms with E-state index in [1.807, 2.05) is 6.07 Å². The van der Waals surface area contributed by atoms with Crippen molar-refractivity contribution in [1.29, 1.82) is 5.26 Å². The molecule has 0 bridgehead atoms. The summed E-state index contributed by atoms with van der Waals surface area (Å²) in [5.74, 6) is 0.433. The minimum Gasteiger partial charge on any atom is -0.374 e. The van der Waals surface area contributed by atoms with Gasteiger partial charge in [0.05, 0.1) is 22.2 Å². The van der Waals surface area contributed by atoms with E-state index in [2.05, 4.69) is 25.9 Å². The summed E-state index contributed by atoms with van der Waals surface area (Å²) in [5.41, 5.74) is 0.532. The van der Waals surface area contributed by atoms with Crippen molar-refractivity contribution in [2.45, 2.75) is 13.0 Å². The molecule has 2 aromatic rings. The Hall–Kier alpha value is -3.02. The lowest BCUT2D eigenvalue weighted by Gasteiger charge is -2.12. The van der Waals surface area contributed by atoms with E-state index in [1.165, 1.54) is 18.2 Å². The SMILES string of the molecule is CC(Nc1ccc([N+](=O)[O-])cc1C#N)c1nn[nH]n1. The third-order valence-electron chi connectivity index (χ3n) is 2.46. The van der Waals surface area contributed by atoms with Crippen LogP contribution in [0.2, 0.25) is 0 Å². The Kier molecular flexibility index (Phi) is 3.33. The van der Waals surface area contributed by atoms with Crippen LogP contribution >= 0.6 is 0 Å². The van der Waals surface area contributed by atoms with Gasteiger partial charge in [-0.25, -0.2) is 0 Å². The number of rotatable bonds is 4. The molecule has 9 heteroatoms. The molecule has 1 atom stereocenters. The summed E-state index contributed by atoms with van der Waals surface area (Å²) in [6, 6.07) is 5.64. The van der Waals surface area contributed by atoms with Crippen molar-refractivity contribution >= 4 is 11.4 Å². The van der Waals surface area contributed by atoms with Crippen molar-refractivity contribution < 1.29 is 4.92 Å². The standard InChI is InChI=1S/C10H9N7O2/c1-6(10-13-15-16-14-10)12-9-3-2-8(17(18)19)4-7(9)5-11/h2-4,6,12H,1H3,(H,13,14,15,16). The van der Waals surface area contributed by atoms with Gasteiger partial charge in [0.15, 0.2) is 5.82 Å². The number of nitrogens with one attached hydrogen (secondary N) is 2. The third-order valence-corrected chi connectivity index (χ3v) is 2.46. The summed E-state index contributed by atoms with van der Waals surface area (Å²) >= 11 is 0. The average molecular weight is 259 g/mol. The highest BCUT2D eigenvalue weighted by atomic mass is 16.6. The van der Waals surface area contributed by atoms with Crippen LogP contribution in [-0.2, 0) is 0 Å². The molecule has 0 saturated carbocycles. The van der Waals surface area contributed by atoms with Crippen LogP contribution in [0.4, 0.5) is 11.4 Å². The summed E-state index contributed by atoms with van der Waals surface area (Å²) in [4.78, 5) is 10.1. The second kappa shape index (κ2) is 5.09. The number of nitrogens with zero attached hydrogens (tertiary/aromatic N) is 5. The van der Waals surface area contributed by atoms with Crippen LogP contribution in [-0.4, -0.2) is 25.5 Å². The first-order chi connectivity index (χ1) is 9.11. The van der Waals surface area contributed by atoms with Gasteiger partial charge in [0.25, 0.3) is 5.69 Å². The zero-order valence-corrected chi connectivity index (χ0v) is 9.86. The highest BCUT2D eigenvalue weighted by Crippen LogP contribution is 2.24. The van der Waals surface area contributed by atoms with Crippen LogP contribution in [0.25, 0.3) is 0 Å². The molecular formula is C10H9N7O2. The summed E-state index contributed by atoms with van der Waals surface area (Å²) in [6.07, 6.45) is 0. The molecule has 0 radical (unpaired) electrons. The van der Waals surface area contributed by atoms with Gasteiger partial charge < -0.3 is 5.32 Å². The Labute approximate surface area is 107 Å². The number of hydrogen-bond donors (Lipinski definition) is 2. The minimum atomic E-state index is -0.548. The molecule has 2 rings (SSSR count). The molecule has 1 aromatic heterocycles. The Balaban J connectivity index is 2.26. The van der Waals surface area contributed by atoms with Gasteiger partial charge in [0, 0.05) is 12.1 Å². The Morgan fingerprint density at radius 1 is 1.58 bits per heavy atom. The molecule has 0 aliphatic heterocycles. The van der Waals surface area contributed by atoms with E-state index in [-0.39, 0.29) is 17.3 Å². The molecule has 0 spiro atoms. The van der Waals surface area contributed by atoms with E-state index in [4.69, 9.17) is 5.26 Å². The molecule has 1 unspecified atom stereocenters. The number of hydrogen-bond acceptors (Lipinski definition) is 7. The number of non-ortho nitro benzene ring substituents is 1. The number of nitriles is 1. The van der Waals surface area contributed by atoms with Gasteiger partial charge in [0.2, 0.25) is 0 Å². The molecule has 1 aromatic carbocycles. The van der Waals surface area contributed by atoms with E-state index in [0.29, 0.717) is 11.5 Å². The highest BCUT2D eigenvalue weighted by molar-refractivity contribution is 5.61. The van der Waals surface area contributed by atoms with Gasteiger partial charge >= 0.3 is 0 Å². The second-order valence-electron chi connectivity index (χ2n) is 3.73. The first kappa shape index (κ1) is 12.4. The normalized spacial score (nSPS) is 11.6. The number of aromatic nitrogens is 4. The predicted octanol–water partition coefficient (Wildman–Crippen LogP) is 1.15. The number of nitro benzene ring substituents is 1. The maximum Gasteiger partial charge on any atom is 0.270 e. The van der Waals surface area contributed by atoms with Gasteiger partial charge in [-0.05, 0) is 13.0 Å². The highest BCUT2D eigenvalue weighted by Gasteiger charge is 2.15. The lowest BCUT2D eigenvalue weighted by molar-refractivity contribution is -0.384. The van der Waals surface area contributed by atoms with Crippen molar-refractivity contribution in [1.82, 2.24) is 20.6 Å². The summed E-state index contributed by atoms with van der Waals surface area (Å²) < 4.78 is 0. The second-order valence-corrected chi connectivity index (χ2v) is 3.73. The Morgan fingerprint density at radius 2 is 2.37 bits per heavy atom. The number of aromatic amines is 1. The molecule has 96 valence electrons. The summed E-state index contributed by atoms with van der Waals surface area (Å²) in [7, 11) is 0. The van der Waals surface area contributed by atoms with Crippen molar-refractivity contribution in [2.75, 3.05) is 5.32 Å². The quantitative estimate of drug-likeness (QED) is 0.621. The zero-order chi connectivity index (χ0) is 13.8. The van der Waals surface area contributed by atoms with Gasteiger partial charge in [-0.15, -0.1) is 10.2 Å². The van der Waals surface area contributed by atoms with Crippen LogP contribution in [0.3, 0.4) is 0 Å². The van der Waals surface area contributed by atoms with Crippen LogP contribution in [0.1, 0.15) is 24.4 Å². The lowest BCUT2D eigenvalue weighted by atomic mass is 10.1. The van der Waals surface area contributed by atoms with E-state index < -0.39 is 4.92 Å². The monoisotopic (exact) mass is 259 g/mol. The minimum absolute atomic E-state index is 0.130. The molecule has 0 aliphatic carbocycles. The van der Waals surface area contributed by atoms with Gasteiger partial charge in [-0.3, -0.25) is 10.1 Å². The van der Waals surface area contributed by atoms with Crippen LogP contribution in [0, 0.1) is 21.4 Å². The van der Waals surface area contributed by atoms with Gasteiger partial charge in [-0.1, -0.05) is 5.21 Å². The van der Waals surface area contributed by atoms with Crippen molar-refractivity contribution in [3.8, 4) is 6.07 Å². The number of anilines is 1. The van der Waals surface area contributed by atoms with E-state index in [9.17, 15) is 10.1 Å². The molecule has 9 nitrogen and oxygen atoms in total. The fourth-order valence-corrected chi connectivity index (χ4v) is 1.51. The van der Waals surface area contributed by atoms with Gasteiger partial charge in [-0.2, -0.15) is 10.5 Å². The van der Waals surface area contributed by atoms with E-state index in [0.717, 1.165) is 0 Å². The van der Waals surface area contributed by atoms with Crippen LogP contribution < -0.4 is 5.32 Å². The molecular weight excluding hydrogens is 250 g/mol. The fourth-order valence-electron chi connectivity index (χ4n) is 1.51. The summed E-state index contributed by atoms with van der Waals surface area (Å²) in [5, 5.41) is 36.0. The average Bonchev–Trinajstić information content (AvgIpc) is 2.92. The maximum absolute atomic E-state index is 10.6. The molecule has 0 saturated heterocycles. The fraction of sp³-hybridized carbons (Fsp3) is 0.200. The first-order valence-corrected chi connectivity index (χ1v) is 5.30. The first-order valence-electron chi connectivity index (χ1n) is 5.30. The van der Waals surface area contributed by atoms with E-state index >= 15 is 0 Å². The zero-order valence-electron chi connectivity index (χ0n) is 9.86. The Morgan fingerprint density at radius 3 is 2.95 bits per heavy atom.